The summed E-state index contributed by atoms with van der Waals surface area (Å²) in [4.78, 5) is 28.1. The minimum absolute atomic E-state index is 0.0990. The molecule has 13 heteroatoms. The number of anilines is 1. The first kappa shape index (κ1) is 23.2. The fourth-order valence-corrected chi connectivity index (χ4v) is 3.91. The Morgan fingerprint density at radius 1 is 1.28 bits per heavy atom. The molecule has 0 radical (unpaired) electrons. The number of aryl methyl sites for hydroxylation is 1. The maximum absolute atomic E-state index is 14.1. The number of hydrogen-bond acceptors (Lipinski definition) is 6. The zero-order valence-electron chi connectivity index (χ0n) is 16.5. The molecule has 4 N–H and O–H groups in total. The molecule has 170 valence electrons. The van der Waals surface area contributed by atoms with E-state index in [9.17, 15) is 22.4 Å². The summed E-state index contributed by atoms with van der Waals surface area (Å²) in [5.41, 5.74) is 9.15. The summed E-state index contributed by atoms with van der Waals surface area (Å²) in [6.45, 7) is 2.73. The fraction of sp³-hybridized carbons (Fsp3) is 0.263. The number of amides is 1. The van der Waals surface area contributed by atoms with E-state index in [0.29, 0.717) is 46.5 Å². The number of thiazole rings is 1. The van der Waals surface area contributed by atoms with Crippen LogP contribution in [0.1, 0.15) is 26.6 Å². The van der Waals surface area contributed by atoms with E-state index in [4.69, 9.17) is 15.6 Å². The monoisotopic (exact) mass is 471 g/mol. The van der Waals surface area contributed by atoms with Crippen molar-refractivity contribution in [2.24, 2.45) is 0 Å². The van der Waals surface area contributed by atoms with Crippen LogP contribution >= 0.6 is 11.3 Å². The lowest BCUT2D eigenvalue weighted by molar-refractivity contribution is -0.192. The number of carbonyl (C=O) groups is 2. The second kappa shape index (κ2) is 8.94. The number of aromatic amines is 1. The van der Waals surface area contributed by atoms with Gasteiger partial charge in [0, 0.05) is 29.8 Å². The average molecular weight is 471 g/mol. The molecular weight excluding hydrogens is 454 g/mol. The first-order valence-electron chi connectivity index (χ1n) is 9.12. The van der Waals surface area contributed by atoms with E-state index in [1.807, 2.05) is 0 Å². The number of benzene rings is 1. The molecule has 1 aliphatic rings. The Morgan fingerprint density at radius 3 is 2.50 bits per heavy atom. The summed E-state index contributed by atoms with van der Waals surface area (Å²) in [5, 5.41) is 14.8. The number of carboxylic acid groups (broad SMARTS) is 1. The van der Waals surface area contributed by atoms with Crippen LogP contribution in [-0.2, 0) is 17.8 Å². The van der Waals surface area contributed by atoms with Gasteiger partial charge in [-0.2, -0.15) is 18.3 Å². The van der Waals surface area contributed by atoms with Gasteiger partial charge in [0.05, 0.1) is 12.2 Å². The van der Waals surface area contributed by atoms with Crippen LogP contribution < -0.4 is 5.73 Å². The van der Waals surface area contributed by atoms with Crippen molar-refractivity contribution in [1.82, 2.24) is 20.1 Å². The minimum atomic E-state index is -5.08. The Kier molecular flexibility index (Phi) is 6.48. The lowest BCUT2D eigenvalue weighted by Crippen LogP contribution is -2.35. The Morgan fingerprint density at radius 2 is 1.94 bits per heavy atom. The first-order chi connectivity index (χ1) is 15.0. The normalized spacial score (nSPS) is 13.2. The molecule has 3 heterocycles. The van der Waals surface area contributed by atoms with Crippen LogP contribution in [0, 0.1) is 12.7 Å². The van der Waals surface area contributed by atoms with Gasteiger partial charge in [0.15, 0.2) is 5.13 Å². The Balaban J connectivity index is 0.000000360. The number of alkyl halides is 3. The highest BCUT2D eigenvalue weighted by molar-refractivity contribution is 7.17. The Labute approximate surface area is 182 Å². The summed E-state index contributed by atoms with van der Waals surface area (Å²) >= 11 is 1.19. The average Bonchev–Trinajstić information content (AvgIpc) is 3.29. The second-order valence-corrected chi connectivity index (χ2v) is 7.79. The van der Waals surface area contributed by atoms with Gasteiger partial charge in [-0.05, 0) is 19.1 Å². The van der Waals surface area contributed by atoms with E-state index < -0.39 is 12.1 Å². The van der Waals surface area contributed by atoms with Crippen molar-refractivity contribution in [1.29, 1.82) is 0 Å². The maximum atomic E-state index is 14.1. The molecule has 0 saturated heterocycles. The number of rotatable bonds is 2. The number of nitrogen functional groups attached to an aromatic ring is 1. The van der Waals surface area contributed by atoms with Gasteiger partial charge < -0.3 is 15.7 Å². The number of carboxylic acids is 1. The molecule has 4 rings (SSSR count). The predicted octanol–water partition coefficient (Wildman–Crippen LogP) is 3.39. The molecule has 3 aromatic rings. The summed E-state index contributed by atoms with van der Waals surface area (Å²) in [7, 11) is 0. The number of carbonyl (C=O) groups excluding carboxylic acids is 1. The van der Waals surface area contributed by atoms with Crippen LogP contribution in [0.25, 0.3) is 11.3 Å². The van der Waals surface area contributed by atoms with Crippen LogP contribution in [0.15, 0.2) is 24.3 Å². The zero-order chi connectivity index (χ0) is 23.6. The molecule has 8 nitrogen and oxygen atoms in total. The predicted molar refractivity (Wildman–Crippen MR) is 107 cm³/mol. The van der Waals surface area contributed by atoms with Crippen molar-refractivity contribution in [2.75, 3.05) is 12.3 Å². The quantitative estimate of drug-likeness (QED) is 0.492. The molecule has 0 fully saturated rings. The number of nitrogens with one attached hydrogen (secondary N) is 1. The van der Waals surface area contributed by atoms with Crippen molar-refractivity contribution in [3.63, 3.8) is 0 Å². The second-order valence-electron chi connectivity index (χ2n) is 6.76. The number of aliphatic carboxylic acids is 1. The standard InChI is InChI=1S/C17H16FN5OS.C2HF3O2/c1-9-15(25-17(19)20-9)16(24)23-7-6-13-11(8-23)14(22-21-13)10-4-2-3-5-12(10)18;3-2(4,5)1(6)7/h2-5H,6-8H2,1H3,(H2,19,20)(H,21,22);(H,6,7). The lowest BCUT2D eigenvalue weighted by Gasteiger charge is -2.27. The molecule has 0 spiro atoms. The molecule has 1 aliphatic heterocycles. The van der Waals surface area contributed by atoms with Gasteiger partial charge in [-0.3, -0.25) is 9.89 Å². The Bertz CT molecular complexity index is 1160. The molecule has 32 heavy (non-hydrogen) atoms. The van der Waals surface area contributed by atoms with Gasteiger partial charge in [-0.15, -0.1) is 0 Å². The zero-order valence-corrected chi connectivity index (χ0v) is 17.4. The summed E-state index contributed by atoms with van der Waals surface area (Å²) < 4.78 is 45.9. The van der Waals surface area contributed by atoms with Crippen LogP contribution in [0.5, 0.6) is 0 Å². The summed E-state index contributed by atoms with van der Waals surface area (Å²) in [6.07, 6.45) is -4.43. The molecule has 0 aliphatic carbocycles. The molecule has 0 saturated carbocycles. The van der Waals surface area contributed by atoms with E-state index in [1.165, 1.54) is 17.4 Å². The topological polar surface area (TPSA) is 125 Å². The molecule has 2 aromatic heterocycles. The maximum Gasteiger partial charge on any atom is 0.490 e. The molecule has 0 bridgehead atoms. The highest BCUT2D eigenvalue weighted by Gasteiger charge is 2.38. The lowest BCUT2D eigenvalue weighted by atomic mass is 10.0. The van der Waals surface area contributed by atoms with E-state index in [-0.39, 0.29) is 11.7 Å². The highest BCUT2D eigenvalue weighted by atomic mass is 32.1. The van der Waals surface area contributed by atoms with Crippen molar-refractivity contribution >= 4 is 28.3 Å². The van der Waals surface area contributed by atoms with Gasteiger partial charge in [0.1, 0.15) is 16.4 Å². The fourth-order valence-electron chi connectivity index (χ4n) is 3.10. The molecule has 1 amide bonds. The van der Waals surface area contributed by atoms with E-state index in [1.54, 1.807) is 30.0 Å². The Hall–Kier alpha value is -3.48. The number of fused-ring (bicyclic) bond motifs is 1. The van der Waals surface area contributed by atoms with Crippen LogP contribution in [-0.4, -0.2) is 49.8 Å². The van der Waals surface area contributed by atoms with Crippen molar-refractivity contribution in [3.8, 4) is 11.3 Å². The van der Waals surface area contributed by atoms with Crippen molar-refractivity contribution < 1.29 is 32.3 Å². The smallest absolute Gasteiger partial charge is 0.475 e. The summed E-state index contributed by atoms with van der Waals surface area (Å²) in [5.74, 6) is -3.18. The number of nitrogens with two attached hydrogens (primary N) is 1. The highest BCUT2D eigenvalue weighted by Crippen LogP contribution is 2.31. The number of halogens is 4. The third-order valence-corrected chi connectivity index (χ3v) is 5.57. The van der Waals surface area contributed by atoms with Gasteiger partial charge in [-0.1, -0.05) is 23.5 Å². The summed E-state index contributed by atoms with van der Waals surface area (Å²) in [6, 6.07) is 6.52. The van der Waals surface area contributed by atoms with Crippen LogP contribution in [0.4, 0.5) is 22.7 Å². The van der Waals surface area contributed by atoms with Crippen LogP contribution in [0.2, 0.25) is 0 Å². The third kappa shape index (κ3) is 4.88. The number of H-pyrrole nitrogens is 1. The van der Waals surface area contributed by atoms with Gasteiger partial charge in [-0.25, -0.2) is 14.2 Å². The molecule has 1 aromatic carbocycles. The van der Waals surface area contributed by atoms with Crippen LogP contribution in [0.3, 0.4) is 0 Å². The SMILES string of the molecule is Cc1nc(N)sc1C(=O)N1CCc2[nH]nc(-c3ccccc3F)c2C1.O=C(O)C(F)(F)F. The van der Waals surface area contributed by atoms with E-state index in [0.717, 1.165) is 11.3 Å². The van der Waals surface area contributed by atoms with Crippen molar-refractivity contribution in [2.45, 2.75) is 26.1 Å². The van der Waals surface area contributed by atoms with Gasteiger partial charge in [0.25, 0.3) is 5.91 Å². The molecular formula is C19H17F4N5O3S. The van der Waals surface area contributed by atoms with E-state index in [2.05, 4.69) is 15.2 Å². The first-order valence-corrected chi connectivity index (χ1v) is 9.94. The van der Waals surface area contributed by atoms with Crippen molar-refractivity contribution in [3.05, 3.63) is 51.9 Å². The van der Waals surface area contributed by atoms with E-state index >= 15 is 0 Å². The molecule has 0 unspecified atom stereocenters. The van der Waals surface area contributed by atoms with Gasteiger partial charge >= 0.3 is 12.1 Å². The minimum Gasteiger partial charge on any atom is -0.475 e. The van der Waals surface area contributed by atoms with Gasteiger partial charge in [0.2, 0.25) is 0 Å². The largest absolute Gasteiger partial charge is 0.490 e. The molecule has 0 atom stereocenters. The number of aromatic nitrogens is 3. The number of hydrogen-bond donors (Lipinski definition) is 3. The third-order valence-electron chi connectivity index (χ3n) is 4.60. The number of nitrogens with zero attached hydrogens (tertiary/aromatic N) is 3.